The van der Waals surface area contributed by atoms with Gasteiger partial charge in [0.15, 0.2) is 11.6 Å². The summed E-state index contributed by atoms with van der Waals surface area (Å²) in [5.74, 6) is -1.90. The van der Waals surface area contributed by atoms with Crippen LogP contribution in [-0.4, -0.2) is 68.4 Å². The number of aromatic nitrogens is 5. The number of alkyl halides is 3. The van der Waals surface area contributed by atoms with Crippen LogP contribution in [0.4, 0.5) is 23.2 Å². The molecule has 0 spiro atoms. The molecule has 0 N–H and O–H groups in total. The van der Waals surface area contributed by atoms with Crippen molar-refractivity contribution in [1.82, 2.24) is 29.9 Å². The summed E-state index contributed by atoms with van der Waals surface area (Å²) in [7, 11) is 0. The predicted octanol–water partition coefficient (Wildman–Crippen LogP) is 4.76. The summed E-state index contributed by atoms with van der Waals surface area (Å²) in [5.41, 5.74) is 1.50. The third kappa shape index (κ3) is 5.71. The molecule has 0 radical (unpaired) electrons. The van der Waals surface area contributed by atoms with Crippen molar-refractivity contribution in [3.63, 3.8) is 0 Å². The first-order valence-electron chi connectivity index (χ1n) is 12.8. The molecule has 4 aromatic rings. The molecule has 0 amide bonds. The van der Waals surface area contributed by atoms with Gasteiger partial charge >= 0.3 is 6.18 Å². The van der Waals surface area contributed by atoms with Gasteiger partial charge in [-0.1, -0.05) is 24.3 Å². The van der Waals surface area contributed by atoms with Crippen molar-refractivity contribution < 1.29 is 22.4 Å². The number of piperazine rings is 1. The molecule has 12 heteroatoms. The number of rotatable bonds is 7. The Labute approximate surface area is 228 Å². The Kier molecular flexibility index (Phi) is 7.61. The van der Waals surface area contributed by atoms with Crippen molar-refractivity contribution in [2.75, 3.05) is 37.6 Å². The lowest BCUT2D eigenvalue weighted by Crippen LogP contribution is -2.46. The summed E-state index contributed by atoms with van der Waals surface area (Å²) in [6.45, 7) is 6.61. The highest BCUT2D eigenvalue weighted by molar-refractivity contribution is 5.98. The van der Waals surface area contributed by atoms with Crippen LogP contribution in [-0.2, 0) is 12.6 Å². The fourth-order valence-electron chi connectivity index (χ4n) is 4.76. The Morgan fingerprint density at radius 1 is 1.00 bits per heavy atom. The number of Topliss-reactive ketones (excluding diaryl/α,β-unsaturated/α-hetero) is 1. The second-order valence-electron chi connectivity index (χ2n) is 9.67. The number of anilines is 1. The zero-order valence-corrected chi connectivity index (χ0v) is 22.0. The minimum absolute atomic E-state index is 0.173. The second-order valence-corrected chi connectivity index (χ2v) is 9.67. The van der Waals surface area contributed by atoms with Crippen LogP contribution in [0.3, 0.4) is 0 Å². The van der Waals surface area contributed by atoms with Gasteiger partial charge in [-0.3, -0.25) is 4.79 Å². The second kappa shape index (κ2) is 11.1. The Morgan fingerprint density at radius 2 is 1.73 bits per heavy atom. The molecule has 2 aromatic carbocycles. The number of hydrogen-bond acceptors (Lipinski definition) is 7. The van der Waals surface area contributed by atoms with E-state index in [0.29, 0.717) is 54.8 Å². The van der Waals surface area contributed by atoms with Gasteiger partial charge in [-0.2, -0.15) is 13.2 Å². The van der Waals surface area contributed by atoms with E-state index in [-0.39, 0.29) is 17.7 Å². The highest BCUT2D eigenvalue weighted by Crippen LogP contribution is 2.37. The number of carbonyl (C=O) groups is 1. The predicted molar refractivity (Wildman–Crippen MR) is 141 cm³/mol. The lowest BCUT2D eigenvalue weighted by molar-refractivity contribution is -0.139. The van der Waals surface area contributed by atoms with E-state index in [0.717, 1.165) is 12.1 Å². The Hall–Kier alpha value is -4.19. The normalized spacial score (nSPS) is 14.5. The van der Waals surface area contributed by atoms with E-state index in [2.05, 4.69) is 25.2 Å². The standard InChI is InChI=1S/C28H27F4N7O/c1-3-37-6-8-38(9-7-37)25-13-20(12-22(27(25)29)28(30,31)32)26(40)11-19-5-4-18(2)24(10-19)39-16-23(35-36-39)21-14-33-17-34-15-21/h4-5,10,12-17H,3,6-9,11H2,1-2H3. The molecule has 5 rings (SSSR count). The third-order valence-corrected chi connectivity index (χ3v) is 7.08. The van der Waals surface area contributed by atoms with E-state index in [1.807, 2.05) is 13.8 Å². The summed E-state index contributed by atoms with van der Waals surface area (Å²) >= 11 is 0. The first-order chi connectivity index (χ1) is 19.1. The molecule has 8 nitrogen and oxygen atoms in total. The SMILES string of the molecule is CCN1CCN(c2cc(C(=O)Cc3ccc(C)c(-n4cc(-c5cncnc5)nn4)c3)cc(C(F)(F)F)c2F)CC1. The highest BCUT2D eigenvalue weighted by Gasteiger charge is 2.37. The van der Waals surface area contributed by atoms with Gasteiger partial charge in [0.05, 0.1) is 23.1 Å². The number of halogens is 4. The van der Waals surface area contributed by atoms with Crippen LogP contribution in [0.1, 0.15) is 34.0 Å². The average Bonchev–Trinajstić information content (AvgIpc) is 3.44. The zero-order chi connectivity index (χ0) is 28.4. The topological polar surface area (TPSA) is 80.0 Å². The smallest absolute Gasteiger partial charge is 0.367 e. The van der Waals surface area contributed by atoms with E-state index < -0.39 is 23.3 Å². The molecular formula is C28H27F4N7O. The van der Waals surface area contributed by atoms with Crippen LogP contribution in [0.25, 0.3) is 16.9 Å². The summed E-state index contributed by atoms with van der Waals surface area (Å²) < 4.78 is 58.0. The molecule has 3 heterocycles. The molecule has 0 unspecified atom stereocenters. The molecule has 2 aromatic heterocycles. The lowest BCUT2D eigenvalue weighted by Gasteiger charge is -2.36. The number of likely N-dealkylation sites (N-methyl/N-ethyl adjacent to an activating group) is 1. The van der Waals surface area contributed by atoms with Gasteiger partial charge in [-0.15, -0.1) is 5.10 Å². The van der Waals surface area contributed by atoms with Gasteiger partial charge in [0, 0.05) is 56.1 Å². The maximum atomic E-state index is 15.1. The minimum Gasteiger partial charge on any atom is -0.367 e. The van der Waals surface area contributed by atoms with Crippen LogP contribution < -0.4 is 4.90 Å². The number of nitrogens with zero attached hydrogens (tertiary/aromatic N) is 7. The van der Waals surface area contributed by atoms with Gasteiger partial charge in [-0.25, -0.2) is 19.0 Å². The highest BCUT2D eigenvalue weighted by atomic mass is 19.4. The van der Waals surface area contributed by atoms with Gasteiger partial charge in [0.25, 0.3) is 0 Å². The molecule has 1 saturated heterocycles. The van der Waals surface area contributed by atoms with E-state index in [9.17, 15) is 18.0 Å². The van der Waals surface area contributed by atoms with E-state index in [4.69, 9.17) is 0 Å². The quantitative estimate of drug-likeness (QED) is 0.241. The molecule has 1 fully saturated rings. The molecule has 0 atom stereocenters. The maximum Gasteiger partial charge on any atom is 0.419 e. The molecule has 0 saturated carbocycles. The molecule has 0 bridgehead atoms. The maximum absolute atomic E-state index is 15.1. The van der Waals surface area contributed by atoms with Crippen molar-refractivity contribution in [3.05, 3.63) is 83.3 Å². The summed E-state index contributed by atoms with van der Waals surface area (Å²) in [4.78, 5) is 25.0. The van der Waals surface area contributed by atoms with E-state index in [1.54, 1.807) is 46.4 Å². The molecule has 40 heavy (non-hydrogen) atoms. The van der Waals surface area contributed by atoms with Gasteiger partial charge < -0.3 is 9.80 Å². The van der Waals surface area contributed by atoms with Crippen LogP contribution >= 0.6 is 0 Å². The number of ketones is 1. The van der Waals surface area contributed by atoms with Crippen molar-refractivity contribution >= 4 is 11.5 Å². The number of benzene rings is 2. The Morgan fingerprint density at radius 3 is 2.40 bits per heavy atom. The van der Waals surface area contributed by atoms with Crippen molar-refractivity contribution in [2.24, 2.45) is 0 Å². The van der Waals surface area contributed by atoms with E-state index in [1.165, 1.54) is 12.4 Å². The summed E-state index contributed by atoms with van der Waals surface area (Å²) in [5, 5.41) is 8.34. The Bertz CT molecular complexity index is 1510. The fourth-order valence-corrected chi connectivity index (χ4v) is 4.76. The largest absolute Gasteiger partial charge is 0.419 e. The van der Waals surface area contributed by atoms with Gasteiger partial charge in [0.1, 0.15) is 12.0 Å². The fraction of sp³-hybridized carbons (Fsp3) is 0.321. The van der Waals surface area contributed by atoms with Crippen LogP contribution in [0, 0.1) is 12.7 Å². The van der Waals surface area contributed by atoms with E-state index >= 15 is 4.39 Å². The van der Waals surface area contributed by atoms with Crippen LogP contribution in [0.5, 0.6) is 0 Å². The number of carbonyl (C=O) groups excluding carboxylic acids is 1. The number of aryl methyl sites for hydroxylation is 1. The molecule has 1 aliphatic rings. The molecule has 208 valence electrons. The van der Waals surface area contributed by atoms with Crippen molar-refractivity contribution in [1.29, 1.82) is 0 Å². The third-order valence-electron chi connectivity index (χ3n) is 7.08. The molecule has 1 aliphatic heterocycles. The molecule has 0 aliphatic carbocycles. The number of hydrogen-bond donors (Lipinski definition) is 0. The Balaban J connectivity index is 1.43. The molecular weight excluding hydrogens is 526 g/mol. The van der Waals surface area contributed by atoms with Crippen LogP contribution in [0.15, 0.2) is 55.2 Å². The van der Waals surface area contributed by atoms with Gasteiger partial charge in [-0.05, 0) is 42.8 Å². The monoisotopic (exact) mass is 553 g/mol. The van der Waals surface area contributed by atoms with Gasteiger partial charge in [0.2, 0.25) is 0 Å². The first-order valence-corrected chi connectivity index (χ1v) is 12.8. The minimum atomic E-state index is -4.94. The van der Waals surface area contributed by atoms with Crippen molar-refractivity contribution in [2.45, 2.75) is 26.4 Å². The van der Waals surface area contributed by atoms with Crippen LogP contribution in [0.2, 0.25) is 0 Å². The lowest BCUT2D eigenvalue weighted by atomic mass is 9.98. The zero-order valence-electron chi connectivity index (χ0n) is 22.0. The summed E-state index contributed by atoms with van der Waals surface area (Å²) in [6.07, 6.45) is 1.22. The first kappa shape index (κ1) is 27.4. The summed E-state index contributed by atoms with van der Waals surface area (Å²) in [6, 6.07) is 7.14. The van der Waals surface area contributed by atoms with Crippen molar-refractivity contribution in [3.8, 4) is 16.9 Å². The average molecular weight is 554 g/mol.